The highest BCUT2D eigenvalue weighted by Crippen LogP contribution is 2.16. The second-order valence-corrected chi connectivity index (χ2v) is 4.42. The molecule has 6 nitrogen and oxygen atoms in total. The van der Waals surface area contributed by atoms with Crippen LogP contribution in [0.2, 0.25) is 0 Å². The summed E-state index contributed by atoms with van der Waals surface area (Å²) in [5, 5.41) is 8.78. The van der Waals surface area contributed by atoms with E-state index in [1.165, 1.54) is 0 Å². The number of nitrogens with zero attached hydrogens (tertiary/aromatic N) is 2. The van der Waals surface area contributed by atoms with Crippen LogP contribution in [0.5, 0.6) is 0 Å². The normalized spacial score (nSPS) is 20.8. The maximum atomic E-state index is 11.8. The third-order valence-electron chi connectivity index (χ3n) is 2.85. The number of urea groups is 1. The standard InChI is InChI=1S/C11H20N2O4/c1-12-7-9(6-10(14)15)8-13(11(12)16)4-3-5-17-2/h9H,3-8H2,1-2H3,(H,14,15). The van der Waals surface area contributed by atoms with Crippen LogP contribution in [0.1, 0.15) is 12.8 Å². The van der Waals surface area contributed by atoms with Crippen molar-refractivity contribution in [3.63, 3.8) is 0 Å². The topological polar surface area (TPSA) is 70.1 Å². The van der Waals surface area contributed by atoms with Gasteiger partial charge in [0.2, 0.25) is 0 Å². The number of methoxy groups -OCH3 is 1. The first-order valence-electron chi connectivity index (χ1n) is 5.75. The van der Waals surface area contributed by atoms with Gasteiger partial charge in [0, 0.05) is 46.3 Å². The minimum atomic E-state index is -0.811. The number of carbonyl (C=O) groups excluding carboxylic acids is 1. The lowest BCUT2D eigenvalue weighted by Gasteiger charge is -2.37. The molecule has 0 bridgehead atoms. The van der Waals surface area contributed by atoms with Crippen molar-refractivity contribution in [3.05, 3.63) is 0 Å². The van der Waals surface area contributed by atoms with Crippen molar-refractivity contribution in [2.24, 2.45) is 5.92 Å². The van der Waals surface area contributed by atoms with E-state index in [0.717, 1.165) is 6.42 Å². The average Bonchev–Trinajstić information content (AvgIpc) is 2.24. The van der Waals surface area contributed by atoms with Crippen LogP contribution in [0, 0.1) is 5.92 Å². The zero-order valence-corrected chi connectivity index (χ0v) is 10.4. The Bertz CT molecular complexity index is 283. The number of aliphatic carboxylic acids is 1. The summed E-state index contributed by atoms with van der Waals surface area (Å²) in [5.41, 5.74) is 0. The number of hydrogen-bond donors (Lipinski definition) is 1. The van der Waals surface area contributed by atoms with Crippen LogP contribution in [0.15, 0.2) is 0 Å². The molecule has 1 aliphatic heterocycles. The predicted molar refractivity (Wildman–Crippen MR) is 61.8 cm³/mol. The molecule has 17 heavy (non-hydrogen) atoms. The van der Waals surface area contributed by atoms with E-state index in [2.05, 4.69) is 0 Å². The summed E-state index contributed by atoms with van der Waals surface area (Å²) in [4.78, 5) is 25.8. The van der Waals surface area contributed by atoms with Crippen LogP contribution in [0.3, 0.4) is 0 Å². The highest BCUT2D eigenvalue weighted by molar-refractivity contribution is 5.75. The van der Waals surface area contributed by atoms with Gasteiger partial charge in [-0.1, -0.05) is 0 Å². The van der Waals surface area contributed by atoms with E-state index in [-0.39, 0.29) is 18.4 Å². The zero-order valence-electron chi connectivity index (χ0n) is 10.4. The second-order valence-electron chi connectivity index (χ2n) is 4.42. The number of carboxylic acid groups (broad SMARTS) is 1. The van der Waals surface area contributed by atoms with E-state index in [1.807, 2.05) is 0 Å². The number of hydrogen-bond acceptors (Lipinski definition) is 3. The van der Waals surface area contributed by atoms with Gasteiger partial charge < -0.3 is 19.6 Å². The van der Waals surface area contributed by atoms with Crippen molar-refractivity contribution >= 4 is 12.0 Å². The fourth-order valence-corrected chi connectivity index (χ4v) is 2.12. The molecule has 1 unspecified atom stereocenters. The second kappa shape index (κ2) is 6.44. The average molecular weight is 244 g/mol. The smallest absolute Gasteiger partial charge is 0.319 e. The summed E-state index contributed by atoms with van der Waals surface area (Å²) < 4.78 is 4.94. The molecule has 1 N–H and O–H groups in total. The third-order valence-corrected chi connectivity index (χ3v) is 2.85. The summed E-state index contributed by atoms with van der Waals surface area (Å²) in [6.45, 7) is 2.27. The van der Waals surface area contributed by atoms with Crippen molar-refractivity contribution in [1.82, 2.24) is 9.80 Å². The summed E-state index contributed by atoms with van der Waals surface area (Å²) in [6, 6.07) is -0.0252. The Morgan fingerprint density at radius 3 is 2.82 bits per heavy atom. The number of amides is 2. The van der Waals surface area contributed by atoms with Crippen LogP contribution >= 0.6 is 0 Å². The van der Waals surface area contributed by atoms with Crippen LogP contribution in [-0.4, -0.2) is 67.3 Å². The van der Waals surface area contributed by atoms with E-state index < -0.39 is 5.97 Å². The first-order chi connectivity index (χ1) is 8.04. The van der Waals surface area contributed by atoms with E-state index in [9.17, 15) is 9.59 Å². The molecular formula is C11H20N2O4. The fraction of sp³-hybridized carbons (Fsp3) is 0.818. The molecule has 1 fully saturated rings. The van der Waals surface area contributed by atoms with Gasteiger partial charge >= 0.3 is 12.0 Å². The molecule has 1 atom stereocenters. The van der Waals surface area contributed by atoms with Crippen LogP contribution in [-0.2, 0) is 9.53 Å². The van der Waals surface area contributed by atoms with Crippen molar-refractivity contribution in [2.75, 3.05) is 40.4 Å². The molecule has 0 aromatic rings. The molecule has 0 aromatic carbocycles. The molecule has 0 radical (unpaired) electrons. The Labute approximate surface area is 101 Å². The molecule has 2 amide bonds. The van der Waals surface area contributed by atoms with Gasteiger partial charge in [-0.05, 0) is 6.42 Å². The van der Waals surface area contributed by atoms with Gasteiger partial charge in [-0.25, -0.2) is 4.79 Å². The van der Waals surface area contributed by atoms with E-state index >= 15 is 0 Å². The molecule has 0 aliphatic carbocycles. The van der Waals surface area contributed by atoms with Crippen molar-refractivity contribution in [2.45, 2.75) is 12.8 Å². The molecule has 0 aromatic heterocycles. The van der Waals surface area contributed by atoms with Crippen LogP contribution in [0.4, 0.5) is 4.79 Å². The highest BCUT2D eigenvalue weighted by Gasteiger charge is 2.30. The van der Waals surface area contributed by atoms with E-state index in [4.69, 9.17) is 9.84 Å². The molecule has 1 saturated heterocycles. The lowest BCUT2D eigenvalue weighted by Crippen LogP contribution is -2.52. The number of carboxylic acids is 1. The summed E-state index contributed by atoms with van der Waals surface area (Å²) in [6.07, 6.45) is 0.883. The van der Waals surface area contributed by atoms with Gasteiger partial charge in [0.1, 0.15) is 0 Å². The van der Waals surface area contributed by atoms with Gasteiger partial charge in [-0.3, -0.25) is 4.79 Å². The largest absolute Gasteiger partial charge is 0.481 e. The Morgan fingerprint density at radius 2 is 2.24 bits per heavy atom. The van der Waals surface area contributed by atoms with Gasteiger partial charge in [0.05, 0.1) is 6.42 Å². The predicted octanol–water partition coefficient (Wildman–Crippen LogP) is 0.481. The molecule has 0 spiro atoms. The van der Waals surface area contributed by atoms with E-state index in [0.29, 0.717) is 26.2 Å². The highest BCUT2D eigenvalue weighted by atomic mass is 16.5. The third kappa shape index (κ3) is 4.22. The van der Waals surface area contributed by atoms with Crippen LogP contribution in [0.25, 0.3) is 0 Å². The van der Waals surface area contributed by atoms with Crippen molar-refractivity contribution in [1.29, 1.82) is 0 Å². The lowest BCUT2D eigenvalue weighted by molar-refractivity contribution is -0.138. The molecule has 1 aliphatic rings. The molecule has 1 heterocycles. The Kier molecular flexibility index (Phi) is 5.21. The molecule has 6 heteroatoms. The quantitative estimate of drug-likeness (QED) is 0.690. The van der Waals surface area contributed by atoms with Crippen molar-refractivity contribution < 1.29 is 19.4 Å². The lowest BCUT2D eigenvalue weighted by atomic mass is 10.0. The summed E-state index contributed by atoms with van der Waals surface area (Å²) >= 11 is 0. The van der Waals surface area contributed by atoms with Gasteiger partial charge in [-0.15, -0.1) is 0 Å². The SMILES string of the molecule is COCCCN1CC(CC(=O)O)CN(C)C1=O. The maximum Gasteiger partial charge on any atom is 0.319 e. The Hall–Kier alpha value is -1.30. The Balaban J connectivity index is 2.49. The maximum absolute atomic E-state index is 11.8. The van der Waals surface area contributed by atoms with Gasteiger partial charge in [-0.2, -0.15) is 0 Å². The molecule has 98 valence electrons. The minimum Gasteiger partial charge on any atom is -0.481 e. The molecule has 1 rings (SSSR count). The molecular weight excluding hydrogens is 224 g/mol. The minimum absolute atomic E-state index is 0.0118. The van der Waals surface area contributed by atoms with Crippen LogP contribution < -0.4 is 0 Å². The van der Waals surface area contributed by atoms with Crippen molar-refractivity contribution in [3.8, 4) is 0 Å². The monoisotopic (exact) mass is 244 g/mol. The Morgan fingerprint density at radius 1 is 1.53 bits per heavy atom. The number of rotatable bonds is 6. The number of carbonyl (C=O) groups is 2. The van der Waals surface area contributed by atoms with E-state index in [1.54, 1.807) is 24.0 Å². The summed E-state index contributed by atoms with van der Waals surface area (Å²) in [5.74, 6) is -0.799. The first kappa shape index (κ1) is 13.8. The fourth-order valence-electron chi connectivity index (χ4n) is 2.12. The van der Waals surface area contributed by atoms with Gasteiger partial charge in [0.15, 0.2) is 0 Å². The van der Waals surface area contributed by atoms with Gasteiger partial charge in [0.25, 0.3) is 0 Å². The number of ether oxygens (including phenoxy) is 1. The first-order valence-corrected chi connectivity index (χ1v) is 5.75. The zero-order chi connectivity index (χ0) is 12.8. The molecule has 0 saturated carbocycles. The summed E-state index contributed by atoms with van der Waals surface area (Å²) in [7, 11) is 3.33.